The molecule has 1 aliphatic heterocycles. The zero-order valence-corrected chi connectivity index (χ0v) is 13.7. The smallest absolute Gasteiger partial charge is 0.0449 e. The highest BCUT2D eigenvalue weighted by Crippen LogP contribution is 2.15. The van der Waals surface area contributed by atoms with E-state index in [9.17, 15) is 0 Å². The predicted octanol–water partition coefficient (Wildman–Crippen LogP) is 2.75. The molecular weight excluding hydrogens is 258 g/mol. The Balaban J connectivity index is 1.87. The molecule has 0 aliphatic carbocycles. The Bertz CT molecular complexity index is 371. The highest BCUT2D eigenvalue weighted by Gasteiger charge is 2.20. The van der Waals surface area contributed by atoms with E-state index in [1.54, 1.807) is 0 Å². The van der Waals surface area contributed by atoms with Crippen LogP contribution in [0.2, 0.25) is 0 Å². The van der Waals surface area contributed by atoms with E-state index in [0.29, 0.717) is 6.04 Å². The van der Waals surface area contributed by atoms with Crippen LogP contribution in [-0.2, 0) is 0 Å². The van der Waals surface area contributed by atoms with Crippen LogP contribution in [0.15, 0.2) is 30.3 Å². The van der Waals surface area contributed by atoms with Gasteiger partial charge in [-0.15, -0.1) is 0 Å². The van der Waals surface area contributed by atoms with E-state index < -0.39 is 0 Å². The van der Waals surface area contributed by atoms with Gasteiger partial charge in [-0.1, -0.05) is 44.2 Å². The molecule has 1 aliphatic rings. The molecule has 0 saturated carbocycles. The standard InChI is InChI=1S/C18H31N3/c1-3-10-19-18(17-8-6-5-7-9-17)16-21-14-12-20(11-4-2)13-15-21/h5-9,18-19H,3-4,10-16H2,1-2H3. The molecule has 0 spiro atoms. The molecule has 21 heavy (non-hydrogen) atoms. The van der Waals surface area contributed by atoms with Crippen LogP contribution in [0.5, 0.6) is 0 Å². The van der Waals surface area contributed by atoms with Gasteiger partial charge in [0.25, 0.3) is 0 Å². The second-order valence-electron chi connectivity index (χ2n) is 6.06. The van der Waals surface area contributed by atoms with Crippen molar-refractivity contribution in [1.82, 2.24) is 15.1 Å². The van der Waals surface area contributed by atoms with Gasteiger partial charge in [-0.05, 0) is 31.5 Å². The van der Waals surface area contributed by atoms with Crippen LogP contribution in [0.1, 0.15) is 38.3 Å². The lowest BCUT2D eigenvalue weighted by atomic mass is 10.1. The Morgan fingerprint density at radius 1 is 0.952 bits per heavy atom. The number of benzene rings is 1. The molecule has 1 N–H and O–H groups in total. The van der Waals surface area contributed by atoms with E-state index in [0.717, 1.165) is 13.1 Å². The normalized spacial score (nSPS) is 18.8. The van der Waals surface area contributed by atoms with Crippen LogP contribution in [0.25, 0.3) is 0 Å². The molecule has 0 aromatic heterocycles. The maximum atomic E-state index is 3.71. The minimum Gasteiger partial charge on any atom is -0.309 e. The maximum absolute atomic E-state index is 3.71. The summed E-state index contributed by atoms with van der Waals surface area (Å²) in [5.41, 5.74) is 1.42. The van der Waals surface area contributed by atoms with E-state index in [1.807, 2.05) is 0 Å². The summed E-state index contributed by atoms with van der Waals surface area (Å²) in [6, 6.07) is 11.4. The summed E-state index contributed by atoms with van der Waals surface area (Å²) in [4.78, 5) is 5.21. The van der Waals surface area contributed by atoms with E-state index in [4.69, 9.17) is 0 Å². The van der Waals surface area contributed by atoms with Crippen molar-refractivity contribution in [2.24, 2.45) is 0 Å². The number of rotatable bonds is 8. The van der Waals surface area contributed by atoms with Crippen molar-refractivity contribution in [2.45, 2.75) is 32.7 Å². The molecule has 1 aromatic carbocycles. The van der Waals surface area contributed by atoms with Crippen LogP contribution in [-0.4, -0.2) is 55.6 Å². The van der Waals surface area contributed by atoms with Crippen molar-refractivity contribution in [2.75, 3.05) is 45.8 Å². The predicted molar refractivity (Wildman–Crippen MR) is 90.6 cm³/mol. The van der Waals surface area contributed by atoms with Gasteiger partial charge in [0.05, 0.1) is 0 Å². The summed E-state index contributed by atoms with van der Waals surface area (Å²) in [6.07, 6.45) is 2.46. The Labute approximate surface area is 130 Å². The average Bonchev–Trinajstić information content (AvgIpc) is 2.54. The van der Waals surface area contributed by atoms with Gasteiger partial charge in [0.15, 0.2) is 0 Å². The monoisotopic (exact) mass is 289 g/mol. The fourth-order valence-electron chi connectivity index (χ4n) is 3.06. The molecule has 3 heteroatoms. The van der Waals surface area contributed by atoms with Crippen molar-refractivity contribution in [3.63, 3.8) is 0 Å². The van der Waals surface area contributed by atoms with Crippen LogP contribution >= 0.6 is 0 Å². The van der Waals surface area contributed by atoms with Gasteiger partial charge < -0.3 is 10.2 Å². The second-order valence-corrected chi connectivity index (χ2v) is 6.06. The molecular formula is C18H31N3. The Morgan fingerprint density at radius 3 is 2.24 bits per heavy atom. The summed E-state index contributed by atoms with van der Waals surface area (Å²) in [5.74, 6) is 0. The maximum Gasteiger partial charge on any atom is 0.0449 e. The van der Waals surface area contributed by atoms with Gasteiger partial charge in [-0.25, -0.2) is 0 Å². The van der Waals surface area contributed by atoms with E-state index in [2.05, 4.69) is 59.3 Å². The average molecular weight is 289 g/mol. The molecule has 0 amide bonds. The minimum absolute atomic E-state index is 0.462. The molecule has 1 saturated heterocycles. The molecule has 118 valence electrons. The van der Waals surface area contributed by atoms with Crippen molar-refractivity contribution in [3.05, 3.63) is 35.9 Å². The minimum atomic E-state index is 0.462. The fraction of sp³-hybridized carbons (Fsp3) is 0.667. The second kappa shape index (κ2) is 9.19. The van der Waals surface area contributed by atoms with Gasteiger partial charge in [-0.2, -0.15) is 0 Å². The third-order valence-electron chi connectivity index (χ3n) is 4.29. The van der Waals surface area contributed by atoms with Gasteiger partial charge in [0.1, 0.15) is 0 Å². The number of hydrogen-bond acceptors (Lipinski definition) is 3. The van der Waals surface area contributed by atoms with Gasteiger partial charge >= 0.3 is 0 Å². The fourth-order valence-corrected chi connectivity index (χ4v) is 3.06. The van der Waals surface area contributed by atoms with Crippen LogP contribution in [0.3, 0.4) is 0 Å². The molecule has 1 atom stereocenters. The molecule has 1 fully saturated rings. The molecule has 2 rings (SSSR count). The highest BCUT2D eigenvalue weighted by atomic mass is 15.3. The molecule has 1 aromatic rings. The van der Waals surface area contributed by atoms with Crippen molar-refractivity contribution >= 4 is 0 Å². The molecule has 0 radical (unpaired) electrons. The topological polar surface area (TPSA) is 18.5 Å². The lowest BCUT2D eigenvalue weighted by Gasteiger charge is -2.36. The Hall–Kier alpha value is -0.900. The summed E-state index contributed by atoms with van der Waals surface area (Å²) >= 11 is 0. The van der Waals surface area contributed by atoms with E-state index in [-0.39, 0.29) is 0 Å². The third-order valence-corrected chi connectivity index (χ3v) is 4.29. The first-order chi connectivity index (χ1) is 10.3. The van der Waals surface area contributed by atoms with E-state index in [1.165, 1.54) is 51.1 Å². The highest BCUT2D eigenvalue weighted by molar-refractivity contribution is 5.19. The summed E-state index contributed by atoms with van der Waals surface area (Å²) in [7, 11) is 0. The van der Waals surface area contributed by atoms with Gasteiger partial charge in [0, 0.05) is 38.8 Å². The van der Waals surface area contributed by atoms with Crippen LogP contribution in [0.4, 0.5) is 0 Å². The molecule has 0 bridgehead atoms. The van der Waals surface area contributed by atoms with Crippen LogP contribution in [0, 0.1) is 0 Å². The first-order valence-corrected chi connectivity index (χ1v) is 8.56. The molecule has 3 nitrogen and oxygen atoms in total. The lowest BCUT2D eigenvalue weighted by molar-refractivity contribution is 0.123. The van der Waals surface area contributed by atoms with Crippen LogP contribution < -0.4 is 5.32 Å². The van der Waals surface area contributed by atoms with Gasteiger partial charge in [-0.3, -0.25) is 4.90 Å². The Kier molecular flexibility index (Phi) is 7.20. The van der Waals surface area contributed by atoms with Crippen molar-refractivity contribution in [1.29, 1.82) is 0 Å². The number of nitrogens with one attached hydrogen (secondary N) is 1. The SMILES string of the molecule is CCCNC(CN1CCN(CCC)CC1)c1ccccc1. The molecule has 1 unspecified atom stereocenters. The molecule has 1 heterocycles. The Morgan fingerprint density at radius 2 is 1.62 bits per heavy atom. The zero-order valence-electron chi connectivity index (χ0n) is 13.7. The number of nitrogens with zero attached hydrogens (tertiary/aromatic N) is 2. The zero-order chi connectivity index (χ0) is 14.9. The van der Waals surface area contributed by atoms with E-state index >= 15 is 0 Å². The largest absolute Gasteiger partial charge is 0.309 e. The van der Waals surface area contributed by atoms with Crippen molar-refractivity contribution < 1.29 is 0 Å². The van der Waals surface area contributed by atoms with Crippen molar-refractivity contribution in [3.8, 4) is 0 Å². The lowest BCUT2D eigenvalue weighted by Crippen LogP contribution is -2.48. The van der Waals surface area contributed by atoms with Gasteiger partial charge in [0.2, 0.25) is 0 Å². The number of hydrogen-bond donors (Lipinski definition) is 1. The number of piperazine rings is 1. The quantitative estimate of drug-likeness (QED) is 0.794. The first-order valence-electron chi connectivity index (χ1n) is 8.56. The summed E-state index contributed by atoms with van der Waals surface area (Å²) in [5, 5.41) is 3.71. The summed E-state index contributed by atoms with van der Waals surface area (Å²) < 4.78 is 0. The first kappa shape index (κ1) is 16.5. The third kappa shape index (κ3) is 5.42. The summed E-state index contributed by atoms with van der Waals surface area (Å²) in [6.45, 7) is 12.8.